The number of aliphatic hydroxyl groups excluding tert-OH is 1. The molecule has 1 aliphatic rings. The molecule has 11 nitrogen and oxygen atoms in total. The van der Waals surface area contributed by atoms with Crippen LogP contribution in [0.15, 0.2) is 55.6 Å². The number of aryl methyl sites for hydroxylation is 1. The normalized spacial score (nSPS) is 17.2. The molecule has 0 atom stereocenters. The van der Waals surface area contributed by atoms with E-state index >= 15 is 0 Å². The van der Waals surface area contributed by atoms with Gasteiger partial charge in [0.25, 0.3) is 0 Å². The van der Waals surface area contributed by atoms with Crippen LogP contribution in [0.1, 0.15) is 12.8 Å². The maximum absolute atomic E-state index is 11.6. The number of nitrogens with one attached hydrogen (secondary N) is 2. The van der Waals surface area contributed by atoms with Crippen molar-refractivity contribution in [2.75, 3.05) is 5.32 Å². The molecule has 0 bridgehead atoms. The molecule has 1 fully saturated rings. The molecule has 0 saturated heterocycles. The van der Waals surface area contributed by atoms with Gasteiger partial charge < -0.3 is 25.0 Å². The zero-order valence-electron chi connectivity index (χ0n) is 18.5. The minimum Gasteiger partial charge on any atom is -0.474 e. The van der Waals surface area contributed by atoms with Gasteiger partial charge in [-0.05, 0) is 18.2 Å². The first kappa shape index (κ1) is 21.6. The average Bonchev–Trinajstić information content (AvgIpc) is 3.41. The summed E-state index contributed by atoms with van der Waals surface area (Å²) < 4.78 is 9.59. The Hall–Kier alpha value is -4.25. The topological polar surface area (TPSA) is 132 Å². The summed E-state index contributed by atoms with van der Waals surface area (Å²) in [6.07, 6.45) is 9.39. The average molecular weight is 460 g/mol. The van der Waals surface area contributed by atoms with Crippen LogP contribution in [-0.2, 0) is 18.6 Å². The standard InChI is InChI=1S/C23H24N8O3/c1-3-19(33)26-14-8-16(9-14)34-22-20-17(18-6-4-5-7-24-18)12-31(13-32)21(20)28-23(29-22)27-15-10-25-30(2)11-15/h3-7,10-12,14,16,32H,1,8-9,13H2,2H3,(H,26,33)(H,27,28,29)/t14-,16-. The summed E-state index contributed by atoms with van der Waals surface area (Å²) in [5, 5.41) is 20.8. The summed E-state index contributed by atoms with van der Waals surface area (Å²) in [6.45, 7) is 3.21. The van der Waals surface area contributed by atoms with Crippen LogP contribution in [0.25, 0.3) is 22.3 Å². The van der Waals surface area contributed by atoms with Crippen molar-refractivity contribution in [1.29, 1.82) is 0 Å². The second-order valence-corrected chi connectivity index (χ2v) is 8.07. The van der Waals surface area contributed by atoms with Gasteiger partial charge in [-0.25, -0.2) is 0 Å². The van der Waals surface area contributed by atoms with Crippen LogP contribution in [0.3, 0.4) is 0 Å². The van der Waals surface area contributed by atoms with Crippen LogP contribution >= 0.6 is 0 Å². The fourth-order valence-corrected chi connectivity index (χ4v) is 3.93. The molecule has 5 rings (SSSR count). The van der Waals surface area contributed by atoms with Gasteiger partial charge in [-0.2, -0.15) is 15.1 Å². The number of aromatic nitrogens is 6. The largest absolute Gasteiger partial charge is 0.474 e. The number of hydrogen-bond donors (Lipinski definition) is 3. The van der Waals surface area contributed by atoms with Gasteiger partial charge >= 0.3 is 0 Å². The van der Waals surface area contributed by atoms with Crippen molar-refractivity contribution in [2.24, 2.45) is 7.05 Å². The zero-order valence-corrected chi connectivity index (χ0v) is 18.5. The molecule has 4 aromatic heterocycles. The third kappa shape index (κ3) is 4.20. The highest BCUT2D eigenvalue weighted by molar-refractivity contribution is 5.97. The van der Waals surface area contributed by atoms with Crippen LogP contribution < -0.4 is 15.4 Å². The van der Waals surface area contributed by atoms with E-state index in [4.69, 9.17) is 4.74 Å². The van der Waals surface area contributed by atoms with Crippen molar-refractivity contribution in [3.8, 4) is 17.1 Å². The minimum absolute atomic E-state index is 0.0260. The molecule has 0 aliphatic heterocycles. The Labute approximate surface area is 195 Å². The number of ether oxygens (including phenoxy) is 1. The zero-order chi connectivity index (χ0) is 23.7. The number of carbonyl (C=O) groups is 1. The van der Waals surface area contributed by atoms with Crippen LogP contribution in [0, 0.1) is 0 Å². The Bertz CT molecular complexity index is 1340. The molecule has 1 saturated carbocycles. The summed E-state index contributed by atoms with van der Waals surface area (Å²) in [5.74, 6) is 0.489. The van der Waals surface area contributed by atoms with E-state index in [1.807, 2.05) is 25.2 Å². The van der Waals surface area contributed by atoms with Gasteiger partial charge in [0.15, 0.2) is 5.65 Å². The number of pyridine rings is 1. The molecular weight excluding hydrogens is 436 g/mol. The predicted molar refractivity (Wildman–Crippen MR) is 125 cm³/mol. The molecule has 4 heterocycles. The van der Waals surface area contributed by atoms with E-state index in [-0.39, 0.29) is 24.8 Å². The van der Waals surface area contributed by atoms with Crippen LogP contribution in [0.4, 0.5) is 11.6 Å². The van der Waals surface area contributed by atoms with Crippen molar-refractivity contribution in [3.63, 3.8) is 0 Å². The van der Waals surface area contributed by atoms with Gasteiger partial charge in [0.2, 0.25) is 17.7 Å². The van der Waals surface area contributed by atoms with Crippen molar-refractivity contribution in [1.82, 2.24) is 34.6 Å². The Morgan fingerprint density at radius 3 is 2.85 bits per heavy atom. The molecule has 0 spiro atoms. The van der Waals surface area contributed by atoms with Crippen molar-refractivity contribution >= 4 is 28.6 Å². The first-order valence-electron chi connectivity index (χ1n) is 10.8. The molecule has 11 heteroatoms. The number of hydrogen-bond acceptors (Lipinski definition) is 8. The van der Waals surface area contributed by atoms with Gasteiger partial charge in [0.05, 0.1) is 23.0 Å². The molecule has 34 heavy (non-hydrogen) atoms. The van der Waals surface area contributed by atoms with E-state index in [0.29, 0.717) is 41.4 Å². The minimum atomic E-state index is -0.273. The fourth-order valence-electron chi connectivity index (χ4n) is 3.93. The molecule has 0 unspecified atom stereocenters. The second-order valence-electron chi connectivity index (χ2n) is 8.07. The Balaban J connectivity index is 1.53. The number of amides is 1. The fraction of sp³-hybridized carbons (Fsp3) is 0.261. The number of aliphatic hydroxyl groups is 1. The maximum atomic E-state index is 11.6. The first-order chi connectivity index (χ1) is 16.5. The lowest BCUT2D eigenvalue weighted by Crippen LogP contribution is -2.48. The highest BCUT2D eigenvalue weighted by atomic mass is 16.5. The van der Waals surface area contributed by atoms with E-state index in [1.54, 1.807) is 34.0 Å². The Morgan fingerprint density at radius 2 is 2.18 bits per heavy atom. The number of anilines is 2. The summed E-state index contributed by atoms with van der Waals surface area (Å²) in [6, 6.07) is 5.64. The van der Waals surface area contributed by atoms with Crippen LogP contribution in [-0.4, -0.2) is 52.5 Å². The molecule has 4 aromatic rings. The molecule has 1 amide bonds. The van der Waals surface area contributed by atoms with E-state index in [9.17, 15) is 9.90 Å². The number of nitrogens with zero attached hydrogens (tertiary/aromatic N) is 6. The lowest BCUT2D eigenvalue weighted by atomic mass is 9.89. The SMILES string of the molecule is C=CC(=O)N[C@H]1C[C@H](Oc2nc(Nc3cnn(C)c3)nc3c2c(-c2ccccn2)cn3CO)C1. The Kier molecular flexibility index (Phi) is 5.68. The number of rotatable bonds is 8. The molecular formula is C23H24N8O3. The molecule has 0 radical (unpaired) electrons. The molecule has 1 aliphatic carbocycles. The van der Waals surface area contributed by atoms with E-state index in [2.05, 4.69) is 37.3 Å². The molecule has 0 aromatic carbocycles. The summed E-state index contributed by atoms with van der Waals surface area (Å²) >= 11 is 0. The monoisotopic (exact) mass is 460 g/mol. The highest BCUT2D eigenvalue weighted by Gasteiger charge is 2.33. The maximum Gasteiger partial charge on any atom is 0.243 e. The number of carbonyl (C=O) groups excluding carboxylic acids is 1. The third-order valence-corrected chi connectivity index (χ3v) is 5.64. The summed E-state index contributed by atoms with van der Waals surface area (Å²) in [4.78, 5) is 25.3. The smallest absolute Gasteiger partial charge is 0.243 e. The van der Waals surface area contributed by atoms with E-state index in [0.717, 1.165) is 11.3 Å². The molecule has 174 valence electrons. The van der Waals surface area contributed by atoms with Crippen LogP contribution in [0.2, 0.25) is 0 Å². The van der Waals surface area contributed by atoms with Gasteiger partial charge in [-0.1, -0.05) is 12.6 Å². The Morgan fingerprint density at radius 1 is 1.32 bits per heavy atom. The lowest BCUT2D eigenvalue weighted by Gasteiger charge is -2.35. The third-order valence-electron chi connectivity index (χ3n) is 5.64. The van der Waals surface area contributed by atoms with Gasteiger partial charge in [-0.3, -0.25) is 14.5 Å². The lowest BCUT2D eigenvalue weighted by molar-refractivity contribution is -0.118. The second kappa shape index (κ2) is 8.94. The molecule has 3 N–H and O–H groups in total. The summed E-state index contributed by atoms with van der Waals surface area (Å²) in [5.41, 5.74) is 2.69. The first-order valence-corrected chi connectivity index (χ1v) is 10.8. The van der Waals surface area contributed by atoms with Crippen LogP contribution in [0.5, 0.6) is 5.88 Å². The van der Waals surface area contributed by atoms with Gasteiger partial charge in [0.1, 0.15) is 12.8 Å². The summed E-state index contributed by atoms with van der Waals surface area (Å²) in [7, 11) is 1.82. The van der Waals surface area contributed by atoms with E-state index in [1.165, 1.54) is 6.08 Å². The van der Waals surface area contributed by atoms with Gasteiger partial charge in [0, 0.05) is 50.1 Å². The van der Waals surface area contributed by atoms with Crippen molar-refractivity contribution in [2.45, 2.75) is 31.7 Å². The van der Waals surface area contributed by atoms with Crippen molar-refractivity contribution in [3.05, 3.63) is 55.6 Å². The van der Waals surface area contributed by atoms with Gasteiger partial charge in [-0.15, -0.1) is 0 Å². The van der Waals surface area contributed by atoms with E-state index < -0.39 is 0 Å². The number of fused-ring (bicyclic) bond motifs is 1. The van der Waals surface area contributed by atoms with Crippen molar-refractivity contribution < 1.29 is 14.6 Å². The highest BCUT2D eigenvalue weighted by Crippen LogP contribution is 2.37. The predicted octanol–water partition coefficient (Wildman–Crippen LogP) is 2.13. The quantitative estimate of drug-likeness (QED) is 0.341.